The molecule has 0 atom stereocenters. The highest BCUT2D eigenvalue weighted by molar-refractivity contribution is 7.89. The van der Waals surface area contributed by atoms with Crippen LogP contribution in [0.2, 0.25) is 0 Å². The Balaban J connectivity index is 1.50. The number of nitrogens with zero attached hydrogens (tertiary/aromatic N) is 1. The second-order valence-electron chi connectivity index (χ2n) is 6.36. The molecule has 0 spiro atoms. The van der Waals surface area contributed by atoms with Crippen LogP contribution in [0.1, 0.15) is 0 Å². The molecule has 3 rings (SSSR count). The van der Waals surface area contributed by atoms with Crippen LogP contribution in [0, 0.1) is 5.82 Å². The zero-order chi connectivity index (χ0) is 19.3. The summed E-state index contributed by atoms with van der Waals surface area (Å²) in [4.78, 5) is 1.52. The van der Waals surface area contributed by atoms with Gasteiger partial charge in [0.1, 0.15) is 18.9 Å². The van der Waals surface area contributed by atoms with Gasteiger partial charge in [0.05, 0.1) is 38.2 Å². The highest BCUT2D eigenvalue weighted by Crippen LogP contribution is 2.19. The Labute approximate surface area is 159 Å². The van der Waals surface area contributed by atoms with Crippen LogP contribution in [0.3, 0.4) is 0 Å². The van der Waals surface area contributed by atoms with Crippen molar-refractivity contribution in [2.45, 2.75) is 4.90 Å². The van der Waals surface area contributed by atoms with E-state index in [0.717, 1.165) is 0 Å². The van der Waals surface area contributed by atoms with Crippen LogP contribution >= 0.6 is 0 Å². The summed E-state index contributed by atoms with van der Waals surface area (Å²) in [5.41, 5.74) is 0. The molecule has 1 fully saturated rings. The van der Waals surface area contributed by atoms with Crippen LogP contribution < -0.4 is 14.4 Å². The number of methoxy groups -OCH3 is 1. The fraction of sp³-hybridized carbons (Fsp3) is 0.368. The van der Waals surface area contributed by atoms with Crippen LogP contribution in [0.25, 0.3) is 0 Å². The minimum absolute atomic E-state index is 0.248. The average molecular weight is 395 g/mol. The lowest BCUT2D eigenvalue weighted by molar-refractivity contribution is -0.903. The van der Waals surface area contributed by atoms with E-state index in [1.165, 1.54) is 15.3 Å². The van der Waals surface area contributed by atoms with Crippen molar-refractivity contribution in [2.75, 3.05) is 46.4 Å². The molecular weight excluding hydrogens is 371 g/mol. The highest BCUT2D eigenvalue weighted by atomic mass is 32.2. The number of quaternary nitrogens is 1. The van der Waals surface area contributed by atoms with Gasteiger partial charge in [0.25, 0.3) is 0 Å². The molecule has 27 heavy (non-hydrogen) atoms. The van der Waals surface area contributed by atoms with Gasteiger partial charge >= 0.3 is 0 Å². The van der Waals surface area contributed by atoms with Crippen molar-refractivity contribution in [3.8, 4) is 11.5 Å². The Morgan fingerprint density at radius 3 is 2.37 bits per heavy atom. The molecule has 0 aliphatic carbocycles. The lowest BCUT2D eigenvalue weighted by Crippen LogP contribution is -3.15. The Kier molecular flexibility index (Phi) is 6.30. The van der Waals surface area contributed by atoms with E-state index < -0.39 is 10.0 Å². The topological polar surface area (TPSA) is 60.3 Å². The summed E-state index contributed by atoms with van der Waals surface area (Å²) < 4.78 is 51.1. The number of hydrogen-bond donors (Lipinski definition) is 1. The van der Waals surface area contributed by atoms with E-state index in [1.54, 1.807) is 49.6 Å². The molecule has 1 N–H and O–H groups in total. The molecule has 8 heteroatoms. The van der Waals surface area contributed by atoms with Crippen LogP contribution in [-0.2, 0) is 10.0 Å². The van der Waals surface area contributed by atoms with Gasteiger partial charge in [0.2, 0.25) is 10.0 Å². The quantitative estimate of drug-likeness (QED) is 0.754. The number of piperazine rings is 1. The normalized spacial score (nSPS) is 16.2. The summed E-state index contributed by atoms with van der Waals surface area (Å²) in [6.07, 6.45) is 0. The highest BCUT2D eigenvalue weighted by Gasteiger charge is 2.30. The molecule has 1 aliphatic rings. The molecule has 1 saturated heterocycles. The number of rotatable bonds is 7. The zero-order valence-electron chi connectivity index (χ0n) is 15.2. The molecule has 2 aromatic rings. The summed E-state index contributed by atoms with van der Waals surface area (Å²) in [5, 5.41) is 0. The van der Waals surface area contributed by atoms with Crippen LogP contribution in [0.15, 0.2) is 53.4 Å². The number of para-hydroxylation sites is 1. The number of halogens is 1. The predicted octanol–water partition coefficient (Wildman–Crippen LogP) is 0.803. The molecular formula is C19H24FN2O4S+. The van der Waals surface area contributed by atoms with Crippen molar-refractivity contribution < 1.29 is 27.2 Å². The summed E-state index contributed by atoms with van der Waals surface area (Å²) in [7, 11) is -1.95. The first-order valence-corrected chi connectivity index (χ1v) is 10.3. The maximum Gasteiger partial charge on any atom is 0.243 e. The largest absolute Gasteiger partial charge is 0.497 e. The molecule has 6 nitrogen and oxygen atoms in total. The fourth-order valence-electron chi connectivity index (χ4n) is 3.06. The molecule has 0 unspecified atom stereocenters. The van der Waals surface area contributed by atoms with E-state index in [0.29, 0.717) is 45.1 Å². The van der Waals surface area contributed by atoms with Gasteiger partial charge in [-0.15, -0.1) is 0 Å². The van der Waals surface area contributed by atoms with Gasteiger partial charge in [-0.2, -0.15) is 4.31 Å². The van der Waals surface area contributed by atoms with E-state index in [4.69, 9.17) is 9.47 Å². The molecule has 0 saturated carbocycles. The molecule has 2 aromatic carbocycles. The van der Waals surface area contributed by atoms with E-state index in [9.17, 15) is 12.8 Å². The van der Waals surface area contributed by atoms with E-state index in [1.807, 2.05) is 0 Å². The van der Waals surface area contributed by atoms with Crippen molar-refractivity contribution in [1.29, 1.82) is 0 Å². The molecule has 0 aromatic heterocycles. The molecule has 146 valence electrons. The lowest BCUT2D eigenvalue weighted by atomic mass is 10.3. The molecule has 0 amide bonds. The number of sulfonamides is 1. The molecule has 0 bridgehead atoms. The van der Waals surface area contributed by atoms with E-state index >= 15 is 0 Å². The summed E-state index contributed by atoms with van der Waals surface area (Å²) in [6, 6.07) is 12.7. The summed E-state index contributed by atoms with van der Waals surface area (Å²) in [5.74, 6) is 0.499. The van der Waals surface area contributed by atoms with E-state index in [2.05, 4.69) is 0 Å². The predicted molar refractivity (Wildman–Crippen MR) is 99.2 cm³/mol. The number of ether oxygens (including phenoxy) is 2. The summed E-state index contributed by atoms with van der Waals surface area (Å²) in [6.45, 7) is 3.37. The first-order chi connectivity index (χ1) is 13.0. The first-order valence-electron chi connectivity index (χ1n) is 8.86. The second kappa shape index (κ2) is 8.69. The fourth-order valence-corrected chi connectivity index (χ4v) is 4.50. The van der Waals surface area contributed by atoms with Crippen molar-refractivity contribution in [3.05, 3.63) is 54.3 Å². The van der Waals surface area contributed by atoms with Gasteiger partial charge in [0, 0.05) is 0 Å². The third-order valence-corrected chi connectivity index (χ3v) is 6.59. The van der Waals surface area contributed by atoms with Gasteiger partial charge in [0.15, 0.2) is 11.6 Å². The van der Waals surface area contributed by atoms with Gasteiger partial charge in [-0.05, 0) is 36.4 Å². The molecule has 1 heterocycles. The Hall–Kier alpha value is -2.16. The minimum Gasteiger partial charge on any atom is -0.497 e. The van der Waals surface area contributed by atoms with Gasteiger partial charge < -0.3 is 14.4 Å². The van der Waals surface area contributed by atoms with E-state index in [-0.39, 0.29) is 16.5 Å². The standard InChI is InChI=1S/C19H23FN2O4S/c1-25-16-6-8-17(9-7-16)27(23,24)22-12-10-21(11-13-22)14-15-26-19-5-3-2-4-18(19)20/h2-9H,10-15H2,1H3/p+1. The summed E-state index contributed by atoms with van der Waals surface area (Å²) >= 11 is 0. The average Bonchev–Trinajstić information content (AvgIpc) is 2.70. The van der Waals surface area contributed by atoms with Crippen molar-refractivity contribution in [2.24, 2.45) is 0 Å². The number of benzene rings is 2. The smallest absolute Gasteiger partial charge is 0.243 e. The second-order valence-corrected chi connectivity index (χ2v) is 8.30. The number of hydrogen-bond acceptors (Lipinski definition) is 4. The van der Waals surface area contributed by atoms with Crippen molar-refractivity contribution in [3.63, 3.8) is 0 Å². The van der Waals surface area contributed by atoms with Crippen LogP contribution in [0.5, 0.6) is 11.5 Å². The zero-order valence-corrected chi connectivity index (χ0v) is 16.0. The third kappa shape index (κ3) is 4.77. The molecule has 1 aliphatic heterocycles. The van der Waals surface area contributed by atoms with Gasteiger partial charge in [-0.25, -0.2) is 12.8 Å². The Bertz CT molecular complexity index is 850. The molecule has 0 radical (unpaired) electrons. The maximum absolute atomic E-state index is 13.5. The number of nitrogens with one attached hydrogen (secondary N) is 1. The monoisotopic (exact) mass is 395 g/mol. The minimum atomic E-state index is -3.50. The maximum atomic E-state index is 13.5. The lowest BCUT2D eigenvalue weighted by Gasteiger charge is -2.31. The Morgan fingerprint density at radius 1 is 1.07 bits per heavy atom. The van der Waals surface area contributed by atoms with Crippen molar-refractivity contribution >= 4 is 10.0 Å². The SMILES string of the molecule is COc1ccc(S(=O)(=O)N2CC[NH+](CCOc3ccccc3F)CC2)cc1. The van der Waals surface area contributed by atoms with Gasteiger partial charge in [-0.3, -0.25) is 0 Å². The Morgan fingerprint density at radius 2 is 1.74 bits per heavy atom. The first kappa shape index (κ1) is 19.6. The van der Waals surface area contributed by atoms with Crippen LogP contribution in [0.4, 0.5) is 4.39 Å². The third-order valence-electron chi connectivity index (χ3n) is 4.68. The van der Waals surface area contributed by atoms with Gasteiger partial charge in [-0.1, -0.05) is 12.1 Å². The van der Waals surface area contributed by atoms with Crippen molar-refractivity contribution in [1.82, 2.24) is 4.31 Å². The van der Waals surface area contributed by atoms with Crippen LogP contribution in [-0.4, -0.2) is 59.2 Å².